The van der Waals surface area contributed by atoms with E-state index in [0.29, 0.717) is 24.2 Å². The minimum Gasteiger partial charge on any atom is -0.305 e. The fourth-order valence-electron chi connectivity index (χ4n) is 2.98. The molecule has 1 saturated heterocycles. The summed E-state index contributed by atoms with van der Waals surface area (Å²) in [5.41, 5.74) is 0. The Kier molecular flexibility index (Phi) is 6.18. The maximum absolute atomic E-state index is 12.3. The molecule has 1 aliphatic rings. The van der Waals surface area contributed by atoms with Gasteiger partial charge in [-0.25, -0.2) is 0 Å². The van der Waals surface area contributed by atoms with Gasteiger partial charge in [0.15, 0.2) is 0 Å². The van der Waals surface area contributed by atoms with Gasteiger partial charge < -0.3 is 5.32 Å². The number of hydrogen-bond donors (Lipinski definition) is 1. The van der Waals surface area contributed by atoms with E-state index in [4.69, 9.17) is 0 Å². The second kappa shape index (κ2) is 7.21. The maximum atomic E-state index is 12.3. The molecule has 1 aliphatic heterocycles. The van der Waals surface area contributed by atoms with Gasteiger partial charge in [0.25, 0.3) is 0 Å². The first kappa shape index (κ1) is 17.2. The van der Waals surface area contributed by atoms with Gasteiger partial charge in [0.05, 0.1) is 12.5 Å². The van der Waals surface area contributed by atoms with Crippen LogP contribution in [0.15, 0.2) is 0 Å². The van der Waals surface area contributed by atoms with Gasteiger partial charge in [0.1, 0.15) is 0 Å². The SMILES string of the molecule is CCC(C)N1C(=O)CC(NCC(C(C)C)C(C)C)C1=O. The monoisotopic (exact) mass is 282 g/mol. The van der Waals surface area contributed by atoms with E-state index in [0.717, 1.165) is 13.0 Å². The summed E-state index contributed by atoms with van der Waals surface area (Å²) in [7, 11) is 0. The van der Waals surface area contributed by atoms with E-state index < -0.39 is 0 Å². The Balaban J connectivity index is 2.62. The molecular weight excluding hydrogens is 252 g/mol. The van der Waals surface area contributed by atoms with E-state index in [1.165, 1.54) is 4.90 Å². The molecular formula is C16H30N2O2. The van der Waals surface area contributed by atoms with Crippen molar-refractivity contribution >= 4 is 11.8 Å². The summed E-state index contributed by atoms with van der Waals surface area (Å²) in [5.74, 6) is 1.58. The summed E-state index contributed by atoms with van der Waals surface area (Å²) >= 11 is 0. The number of carbonyl (C=O) groups is 2. The maximum Gasteiger partial charge on any atom is 0.247 e. The average molecular weight is 282 g/mol. The predicted molar refractivity (Wildman–Crippen MR) is 81.2 cm³/mol. The van der Waals surface area contributed by atoms with Crippen LogP contribution in [-0.4, -0.2) is 35.3 Å². The number of imide groups is 1. The Labute approximate surface area is 123 Å². The van der Waals surface area contributed by atoms with Gasteiger partial charge in [-0.15, -0.1) is 0 Å². The topological polar surface area (TPSA) is 49.4 Å². The van der Waals surface area contributed by atoms with Crippen LogP contribution in [0.2, 0.25) is 0 Å². The van der Waals surface area contributed by atoms with Gasteiger partial charge in [0.2, 0.25) is 11.8 Å². The highest BCUT2D eigenvalue weighted by atomic mass is 16.2. The highest BCUT2D eigenvalue weighted by Crippen LogP contribution is 2.22. The molecule has 1 heterocycles. The zero-order chi connectivity index (χ0) is 15.4. The van der Waals surface area contributed by atoms with Crippen LogP contribution in [0.3, 0.4) is 0 Å². The normalized spacial score (nSPS) is 21.6. The van der Waals surface area contributed by atoms with Gasteiger partial charge in [-0.05, 0) is 37.6 Å². The summed E-state index contributed by atoms with van der Waals surface area (Å²) in [5, 5.41) is 3.32. The standard InChI is InChI=1S/C16H30N2O2/c1-7-12(6)18-15(19)8-14(16(18)20)17-9-13(10(2)3)11(4)5/h10-14,17H,7-9H2,1-6H3. The largest absolute Gasteiger partial charge is 0.305 e. The van der Waals surface area contributed by atoms with Gasteiger partial charge in [-0.2, -0.15) is 0 Å². The lowest BCUT2D eigenvalue weighted by Crippen LogP contribution is -2.44. The predicted octanol–water partition coefficient (Wildman–Crippen LogP) is 2.43. The molecule has 0 bridgehead atoms. The van der Waals surface area contributed by atoms with Crippen molar-refractivity contribution in [2.24, 2.45) is 17.8 Å². The number of hydrogen-bond acceptors (Lipinski definition) is 3. The van der Waals surface area contributed by atoms with Crippen LogP contribution in [0.4, 0.5) is 0 Å². The number of nitrogens with one attached hydrogen (secondary N) is 1. The molecule has 0 aromatic rings. The first-order valence-corrected chi connectivity index (χ1v) is 7.88. The summed E-state index contributed by atoms with van der Waals surface area (Å²) < 4.78 is 0. The Morgan fingerprint density at radius 2 is 1.70 bits per heavy atom. The zero-order valence-electron chi connectivity index (χ0n) is 13.8. The molecule has 1 rings (SSSR count). The second-order valence-electron chi connectivity index (χ2n) is 6.68. The third-order valence-electron chi connectivity index (χ3n) is 4.53. The molecule has 0 saturated carbocycles. The van der Waals surface area contributed by atoms with Gasteiger partial charge in [-0.1, -0.05) is 34.6 Å². The van der Waals surface area contributed by atoms with Crippen LogP contribution in [-0.2, 0) is 9.59 Å². The lowest BCUT2D eigenvalue weighted by molar-refractivity contribution is -0.141. The van der Waals surface area contributed by atoms with Crippen LogP contribution < -0.4 is 5.32 Å². The average Bonchev–Trinajstić information content (AvgIpc) is 2.63. The summed E-state index contributed by atoms with van der Waals surface area (Å²) in [4.78, 5) is 25.7. The fraction of sp³-hybridized carbons (Fsp3) is 0.875. The van der Waals surface area contributed by atoms with Crippen molar-refractivity contribution in [3.63, 3.8) is 0 Å². The van der Waals surface area contributed by atoms with Crippen molar-refractivity contribution in [3.05, 3.63) is 0 Å². The van der Waals surface area contributed by atoms with Crippen molar-refractivity contribution in [2.75, 3.05) is 6.54 Å². The lowest BCUT2D eigenvalue weighted by Gasteiger charge is -2.27. The molecule has 0 aromatic carbocycles. The van der Waals surface area contributed by atoms with Crippen molar-refractivity contribution in [3.8, 4) is 0 Å². The fourth-order valence-corrected chi connectivity index (χ4v) is 2.98. The minimum atomic E-state index is -0.323. The first-order chi connectivity index (χ1) is 9.29. The van der Waals surface area contributed by atoms with Gasteiger partial charge in [0, 0.05) is 6.04 Å². The molecule has 4 nitrogen and oxygen atoms in total. The van der Waals surface area contributed by atoms with Crippen LogP contribution in [0, 0.1) is 17.8 Å². The van der Waals surface area contributed by atoms with E-state index >= 15 is 0 Å². The molecule has 2 unspecified atom stereocenters. The van der Waals surface area contributed by atoms with Crippen LogP contribution >= 0.6 is 0 Å². The van der Waals surface area contributed by atoms with E-state index in [1.807, 2.05) is 13.8 Å². The Hall–Kier alpha value is -0.900. The quantitative estimate of drug-likeness (QED) is 0.730. The molecule has 20 heavy (non-hydrogen) atoms. The van der Waals surface area contributed by atoms with E-state index in [2.05, 4.69) is 33.0 Å². The Morgan fingerprint density at radius 1 is 1.15 bits per heavy atom. The summed E-state index contributed by atoms with van der Waals surface area (Å²) in [6.07, 6.45) is 1.12. The molecule has 1 N–H and O–H groups in total. The number of rotatable bonds is 7. The Morgan fingerprint density at radius 3 is 2.15 bits per heavy atom. The van der Waals surface area contributed by atoms with Gasteiger partial charge in [-0.3, -0.25) is 14.5 Å². The molecule has 0 aromatic heterocycles. The van der Waals surface area contributed by atoms with Crippen LogP contribution in [0.5, 0.6) is 0 Å². The van der Waals surface area contributed by atoms with Crippen molar-refractivity contribution in [1.82, 2.24) is 10.2 Å². The van der Waals surface area contributed by atoms with Crippen molar-refractivity contribution in [1.29, 1.82) is 0 Å². The van der Waals surface area contributed by atoms with Crippen molar-refractivity contribution in [2.45, 2.75) is 66.5 Å². The minimum absolute atomic E-state index is 0.00722. The first-order valence-electron chi connectivity index (χ1n) is 7.88. The highest BCUT2D eigenvalue weighted by Gasteiger charge is 2.40. The second-order valence-corrected chi connectivity index (χ2v) is 6.68. The Bertz CT molecular complexity index is 344. The highest BCUT2D eigenvalue weighted by molar-refractivity contribution is 6.05. The molecule has 0 radical (unpaired) electrons. The third kappa shape index (κ3) is 3.81. The third-order valence-corrected chi connectivity index (χ3v) is 4.53. The van der Waals surface area contributed by atoms with E-state index in [1.54, 1.807) is 0 Å². The molecule has 1 fully saturated rings. The van der Waals surface area contributed by atoms with Crippen LogP contribution in [0.1, 0.15) is 54.4 Å². The molecule has 116 valence electrons. The smallest absolute Gasteiger partial charge is 0.247 e. The summed E-state index contributed by atoms with van der Waals surface area (Å²) in [6.45, 7) is 13.6. The molecule has 0 spiro atoms. The number of carbonyl (C=O) groups excluding carboxylic acids is 2. The van der Waals surface area contributed by atoms with Crippen LogP contribution in [0.25, 0.3) is 0 Å². The van der Waals surface area contributed by atoms with E-state index in [-0.39, 0.29) is 23.9 Å². The molecule has 2 atom stereocenters. The lowest BCUT2D eigenvalue weighted by atomic mass is 9.85. The van der Waals surface area contributed by atoms with E-state index in [9.17, 15) is 9.59 Å². The van der Waals surface area contributed by atoms with Gasteiger partial charge >= 0.3 is 0 Å². The number of nitrogens with zero attached hydrogens (tertiary/aromatic N) is 1. The molecule has 0 aliphatic carbocycles. The van der Waals surface area contributed by atoms with Crippen molar-refractivity contribution < 1.29 is 9.59 Å². The zero-order valence-corrected chi connectivity index (χ0v) is 13.8. The molecule has 2 amide bonds. The molecule has 4 heteroatoms. The summed E-state index contributed by atoms with van der Waals surface area (Å²) in [6, 6.07) is -0.315. The number of amides is 2. The number of likely N-dealkylation sites (tertiary alicyclic amines) is 1.